The molecule has 0 spiro atoms. The number of hydrogen-bond donors (Lipinski definition) is 0. The fraction of sp³-hybridized carbons (Fsp3) is 0.333. The standard InChI is InChI=1S/C15H18N2O2/c1-9-6-13(19-5)10(2)11(3)14(9)15-12(7-18)17(4)8-16-15/h6-8H,1-5H3. The molecule has 0 aliphatic carbocycles. The minimum Gasteiger partial charge on any atom is -0.496 e. The Morgan fingerprint density at radius 1 is 1.26 bits per heavy atom. The van der Waals surface area contributed by atoms with E-state index in [1.54, 1.807) is 18.0 Å². The topological polar surface area (TPSA) is 44.1 Å². The van der Waals surface area contributed by atoms with E-state index >= 15 is 0 Å². The molecule has 0 saturated carbocycles. The second kappa shape index (κ2) is 4.88. The zero-order chi connectivity index (χ0) is 14.2. The van der Waals surface area contributed by atoms with Gasteiger partial charge in [0.1, 0.15) is 11.4 Å². The van der Waals surface area contributed by atoms with Gasteiger partial charge < -0.3 is 9.30 Å². The number of aryl methyl sites for hydroxylation is 2. The van der Waals surface area contributed by atoms with Gasteiger partial charge >= 0.3 is 0 Å². The van der Waals surface area contributed by atoms with E-state index in [1.165, 1.54) is 0 Å². The van der Waals surface area contributed by atoms with Gasteiger partial charge in [-0.25, -0.2) is 4.98 Å². The zero-order valence-electron chi connectivity index (χ0n) is 11.9. The number of imidazole rings is 1. The van der Waals surface area contributed by atoms with E-state index in [-0.39, 0.29) is 0 Å². The predicted octanol–water partition coefficient (Wildman–Crippen LogP) is 2.83. The number of carbonyl (C=O) groups excluding carboxylic acids is 1. The van der Waals surface area contributed by atoms with Crippen molar-refractivity contribution in [1.82, 2.24) is 9.55 Å². The van der Waals surface area contributed by atoms with Crippen molar-refractivity contribution in [2.75, 3.05) is 7.11 Å². The van der Waals surface area contributed by atoms with E-state index in [2.05, 4.69) is 4.98 Å². The van der Waals surface area contributed by atoms with Gasteiger partial charge in [0, 0.05) is 12.6 Å². The van der Waals surface area contributed by atoms with Gasteiger partial charge in [0.15, 0.2) is 6.29 Å². The van der Waals surface area contributed by atoms with Crippen LogP contribution < -0.4 is 4.74 Å². The Morgan fingerprint density at radius 2 is 1.95 bits per heavy atom. The highest BCUT2D eigenvalue weighted by atomic mass is 16.5. The molecule has 0 fully saturated rings. The fourth-order valence-corrected chi connectivity index (χ4v) is 2.39. The summed E-state index contributed by atoms with van der Waals surface area (Å²) in [5.74, 6) is 0.863. The molecule has 0 atom stereocenters. The van der Waals surface area contributed by atoms with Crippen LogP contribution in [0.25, 0.3) is 11.3 Å². The third-order valence-corrected chi connectivity index (χ3v) is 3.60. The van der Waals surface area contributed by atoms with Crippen molar-refractivity contribution >= 4 is 6.29 Å². The zero-order valence-corrected chi connectivity index (χ0v) is 11.9. The normalized spacial score (nSPS) is 10.6. The smallest absolute Gasteiger partial charge is 0.168 e. The lowest BCUT2D eigenvalue weighted by Crippen LogP contribution is -2.00. The summed E-state index contributed by atoms with van der Waals surface area (Å²) in [6.07, 6.45) is 2.51. The van der Waals surface area contributed by atoms with Gasteiger partial charge in [-0.1, -0.05) is 0 Å². The Labute approximate surface area is 113 Å². The summed E-state index contributed by atoms with van der Waals surface area (Å²) in [5.41, 5.74) is 5.57. The summed E-state index contributed by atoms with van der Waals surface area (Å²) in [4.78, 5) is 15.6. The van der Waals surface area contributed by atoms with Crippen LogP contribution in [-0.2, 0) is 7.05 Å². The molecule has 0 aliphatic heterocycles. The maximum Gasteiger partial charge on any atom is 0.168 e. The molecule has 0 unspecified atom stereocenters. The molecular formula is C15H18N2O2. The Bertz CT molecular complexity index is 642. The van der Waals surface area contributed by atoms with Crippen LogP contribution in [0.1, 0.15) is 27.2 Å². The van der Waals surface area contributed by atoms with Crippen molar-refractivity contribution in [3.8, 4) is 17.0 Å². The van der Waals surface area contributed by atoms with Gasteiger partial charge in [-0.05, 0) is 43.5 Å². The predicted molar refractivity (Wildman–Crippen MR) is 74.8 cm³/mol. The largest absolute Gasteiger partial charge is 0.496 e. The first-order valence-electron chi connectivity index (χ1n) is 6.12. The molecule has 2 aromatic rings. The number of hydrogen-bond acceptors (Lipinski definition) is 3. The number of nitrogens with zero attached hydrogens (tertiary/aromatic N) is 2. The average Bonchev–Trinajstić information content (AvgIpc) is 2.75. The Hall–Kier alpha value is -2.10. The molecule has 0 aliphatic rings. The maximum atomic E-state index is 11.2. The Balaban J connectivity index is 2.76. The molecule has 1 heterocycles. The molecule has 0 amide bonds. The molecule has 0 radical (unpaired) electrons. The van der Waals surface area contributed by atoms with Crippen LogP contribution >= 0.6 is 0 Å². The molecule has 0 N–H and O–H groups in total. The molecular weight excluding hydrogens is 240 g/mol. The van der Waals surface area contributed by atoms with Gasteiger partial charge in [-0.2, -0.15) is 0 Å². The summed E-state index contributed by atoms with van der Waals surface area (Å²) in [7, 11) is 3.49. The van der Waals surface area contributed by atoms with Gasteiger partial charge in [0.2, 0.25) is 0 Å². The van der Waals surface area contributed by atoms with Gasteiger partial charge in [0.05, 0.1) is 19.1 Å². The third kappa shape index (κ3) is 2.03. The number of carbonyl (C=O) groups is 1. The van der Waals surface area contributed by atoms with E-state index in [0.717, 1.165) is 40.0 Å². The number of methoxy groups -OCH3 is 1. The molecule has 4 heteroatoms. The summed E-state index contributed by atoms with van der Waals surface area (Å²) in [5, 5.41) is 0. The van der Waals surface area contributed by atoms with Crippen LogP contribution in [0.4, 0.5) is 0 Å². The van der Waals surface area contributed by atoms with Crippen LogP contribution in [0.5, 0.6) is 5.75 Å². The van der Waals surface area contributed by atoms with E-state index in [9.17, 15) is 4.79 Å². The Morgan fingerprint density at radius 3 is 2.53 bits per heavy atom. The fourth-order valence-electron chi connectivity index (χ4n) is 2.39. The third-order valence-electron chi connectivity index (χ3n) is 3.60. The highest BCUT2D eigenvalue weighted by Gasteiger charge is 2.18. The average molecular weight is 258 g/mol. The lowest BCUT2D eigenvalue weighted by Gasteiger charge is -2.15. The quantitative estimate of drug-likeness (QED) is 0.795. The van der Waals surface area contributed by atoms with E-state index < -0.39 is 0 Å². The molecule has 0 bridgehead atoms. The summed E-state index contributed by atoms with van der Waals surface area (Å²) in [6, 6.07) is 1.99. The van der Waals surface area contributed by atoms with Crippen molar-refractivity contribution < 1.29 is 9.53 Å². The van der Waals surface area contributed by atoms with Crippen molar-refractivity contribution in [3.05, 3.63) is 34.8 Å². The number of aldehydes is 1. The molecule has 2 rings (SSSR count). The summed E-state index contributed by atoms with van der Waals surface area (Å²) >= 11 is 0. The first-order valence-corrected chi connectivity index (χ1v) is 6.12. The van der Waals surface area contributed by atoms with Crippen LogP contribution in [0.2, 0.25) is 0 Å². The molecule has 100 valence electrons. The highest BCUT2D eigenvalue weighted by molar-refractivity contribution is 5.86. The van der Waals surface area contributed by atoms with Crippen LogP contribution in [0.3, 0.4) is 0 Å². The maximum absolute atomic E-state index is 11.2. The molecule has 4 nitrogen and oxygen atoms in total. The second-order valence-electron chi connectivity index (χ2n) is 4.73. The number of aromatic nitrogens is 2. The summed E-state index contributed by atoms with van der Waals surface area (Å²) in [6.45, 7) is 6.05. The number of rotatable bonds is 3. The molecule has 19 heavy (non-hydrogen) atoms. The van der Waals surface area contributed by atoms with Gasteiger partial charge in [0.25, 0.3) is 0 Å². The van der Waals surface area contributed by atoms with E-state index in [1.807, 2.05) is 33.9 Å². The van der Waals surface area contributed by atoms with Crippen LogP contribution in [0, 0.1) is 20.8 Å². The highest BCUT2D eigenvalue weighted by Crippen LogP contribution is 2.34. The van der Waals surface area contributed by atoms with Crippen molar-refractivity contribution in [1.29, 1.82) is 0 Å². The first kappa shape index (κ1) is 13.3. The van der Waals surface area contributed by atoms with E-state index in [4.69, 9.17) is 4.74 Å². The monoisotopic (exact) mass is 258 g/mol. The molecule has 1 aromatic carbocycles. The van der Waals surface area contributed by atoms with Gasteiger partial charge in [-0.15, -0.1) is 0 Å². The van der Waals surface area contributed by atoms with Crippen molar-refractivity contribution in [3.63, 3.8) is 0 Å². The van der Waals surface area contributed by atoms with Crippen LogP contribution in [0.15, 0.2) is 12.4 Å². The minimum atomic E-state index is 0.593. The lowest BCUT2D eigenvalue weighted by molar-refractivity contribution is 0.111. The Kier molecular flexibility index (Phi) is 3.42. The summed E-state index contributed by atoms with van der Waals surface area (Å²) < 4.78 is 7.10. The minimum absolute atomic E-state index is 0.593. The van der Waals surface area contributed by atoms with Crippen molar-refractivity contribution in [2.45, 2.75) is 20.8 Å². The second-order valence-corrected chi connectivity index (χ2v) is 4.73. The first-order chi connectivity index (χ1) is 9.01. The SMILES string of the molecule is COc1cc(C)c(-c2ncn(C)c2C=O)c(C)c1C. The van der Waals surface area contributed by atoms with Crippen LogP contribution in [-0.4, -0.2) is 22.9 Å². The molecule has 0 saturated heterocycles. The number of benzene rings is 1. The van der Waals surface area contributed by atoms with Crippen molar-refractivity contribution in [2.24, 2.45) is 7.05 Å². The molecule has 1 aromatic heterocycles. The van der Waals surface area contributed by atoms with Gasteiger partial charge in [-0.3, -0.25) is 4.79 Å². The number of ether oxygens (including phenoxy) is 1. The van der Waals surface area contributed by atoms with E-state index in [0.29, 0.717) is 5.69 Å². The lowest BCUT2D eigenvalue weighted by atomic mass is 9.94.